The van der Waals surface area contributed by atoms with Crippen LogP contribution >= 0.6 is 0 Å². The van der Waals surface area contributed by atoms with Crippen molar-refractivity contribution in [3.05, 3.63) is 54.1 Å². The fourth-order valence-corrected chi connectivity index (χ4v) is 2.33. The molecule has 0 saturated heterocycles. The molecule has 3 heteroatoms. The van der Waals surface area contributed by atoms with Gasteiger partial charge in [-0.2, -0.15) is 5.26 Å². The Morgan fingerprint density at radius 2 is 1.86 bits per heavy atom. The fraction of sp³-hybridized carbons (Fsp3) is 0.278. The summed E-state index contributed by atoms with van der Waals surface area (Å²) in [4.78, 5) is 2.28. The first-order chi connectivity index (χ1) is 10.3. The molecule has 21 heavy (non-hydrogen) atoms. The van der Waals surface area contributed by atoms with Crippen molar-refractivity contribution in [2.24, 2.45) is 0 Å². The Kier molecular flexibility index (Phi) is 5.22. The van der Waals surface area contributed by atoms with Gasteiger partial charge in [0.05, 0.1) is 12.5 Å². The van der Waals surface area contributed by atoms with E-state index in [9.17, 15) is 0 Å². The van der Waals surface area contributed by atoms with Crippen LogP contribution in [0, 0.1) is 11.3 Å². The zero-order valence-corrected chi connectivity index (χ0v) is 12.4. The summed E-state index contributed by atoms with van der Waals surface area (Å²) in [5, 5.41) is 8.91. The summed E-state index contributed by atoms with van der Waals surface area (Å²) < 4.78 is 0. The van der Waals surface area contributed by atoms with Crippen LogP contribution < -0.4 is 10.6 Å². The number of nitrogens with two attached hydrogens (primary N) is 1. The highest BCUT2D eigenvalue weighted by atomic mass is 15.1. The van der Waals surface area contributed by atoms with Crippen LogP contribution in [0.1, 0.15) is 25.3 Å². The minimum absolute atomic E-state index is 0.343. The van der Waals surface area contributed by atoms with Gasteiger partial charge in [0.1, 0.15) is 0 Å². The van der Waals surface area contributed by atoms with Crippen LogP contribution in [0.25, 0.3) is 0 Å². The van der Waals surface area contributed by atoms with Crippen LogP contribution in [0.2, 0.25) is 0 Å². The molecule has 0 amide bonds. The summed E-state index contributed by atoms with van der Waals surface area (Å²) in [6, 6.07) is 18.4. The average molecular weight is 279 g/mol. The van der Waals surface area contributed by atoms with Gasteiger partial charge in [-0.3, -0.25) is 0 Å². The van der Waals surface area contributed by atoms with Crippen LogP contribution in [-0.2, 0) is 6.42 Å². The molecule has 2 rings (SSSR count). The molecular weight excluding hydrogens is 258 g/mol. The zero-order valence-electron chi connectivity index (χ0n) is 12.4. The smallest absolute Gasteiger partial charge is 0.0670 e. The Bertz CT molecular complexity index is 614. The van der Waals surface area contributed by atoms with E-state index in [0.29, 0.717) is 12.1 Å². The molecule has 0 unspecified atom stereocenters. The Balaban J connectivity index is 2.37. The van der Waals surface area contributed by atoms with Gasteiger partial charge in [-0.25, -0.2) is 0 Å². The van der Waals surface area contributed by atoms with Crippen LogP contribution in [0.5, 0.6) is 0 Å². The van der Waals surface area contributed by atoms with Crippen molar-refractivity contribution in [2.75, 3.05) is 17.2 Å². The molecule has 0 radical (unpaired) electrons. The highest BCUT2D eigenvalue weighted by molar-refractivity contribution is 5.67. The normalized spacial score (nSPS) is 10.1. The monoisotopic (exact) mass is 279 g/mol. The lowest BCUT2D eigenvalue weighted by molar-refractivity contribution is 0.785. The van der Waals surface area contributed by atoms with Gasteiger partial charge in [0.15, 0.2) is 0 Å². The summed E-state index contributed by atoms with van der Waals surface area (Å²) in [6.07, 6.45) is 2.60. The van der Waals surface area contributed by atoms with Crippen LogP contribution in [0.3, 0.4) is 0 Å². The molecule has 108 valence electrons. The number of hydrogen-bond donors (Lipinski definition) is 1. The van der Waals surface area contributed by atoms with E-state index in [1.807, 2.05) is 36.4 Å². The van der Waals surface area contributed by atoms with Crippen molar-refractivity contribution in [3.8, 4) is 6.07 Å². The summed E-state index contributed by atoms with van der Waals surface area (Å²) in [5.74, 6) is 0. The maximum atomic E-state index is 8.91. The predicted molar refractivity (Wildman–Crippen MR) is 88.5 cm³/mol. The van der Waals surface area contributed by atoms with E-state index in [-0.39, 0.29) is 0 Å². The van der Waals surface area contributed by atoms with E-state index in [2.05, 4.69) is 30.0 Å². The topological polar surface area (TPSA) is 53.0 Å². The number of nitriles is 1. The second-order valence-electron chi connectivity index (χ2n) is 5.06. The van der Waals surface area contributed by atoms with Crippen molar-refractivity contribution >= 4 is 17.1 Å². The number of para-hydroxylation sites is 1. The number of anilines is 3. The lowest BCUT2D eigenvalue weighted by Gasteiger charge is -2.25. The lowest BCUT2D eigenvalue weighted by atomic mass is 10.1. The average Bonchev–Trinajstić information content (AvgIpc) is 2.52. The maximum Gasteiger partial charge on any atom is 0.0670 e. The molecule has 0 aliphatic heterocycles. The van der Waals surface area contributed by atoms with Gasteiger partial charge >= 0.3 is 0 Å². The highest BCUT2D eigenvalue weighted by Gasteiger charge is 2.10. The minimum atomic E-state index is 0.343. The van der Waals surface area contributed by atoms with E-state index in [4.69, 9.17) is 11.0 Å². The molecule has 0 aromatic heterocycles. The van der Waals surface area contributed by atoms with Crippen molar-refractivity contribution < 1.29 is 0 Å². The molecular formula is C18H21N3. The van der Waals surface area contributed by atoms with Crippen molar-refractivity contribution in [3.63, 3.8) is 0 Å². The van der Waals surface area contributed by atoms with Gasteiger partial charge < -0.3 is 10.6 Å². The zero-order chi connectivity index (χ0) is 15.1. The van der Waals surface area contributed by atoms with E-state index in [0.717, 1.165) is 30.6 Å². The molecule has 0 atom stereocenters. The quantitative estimate of drug-likeness (QED) is 0.803. The molecule has 0 aliphatic carbocycles. The standard InChI is InChI=1S/C18H21N3/c1-2-3-13-21(16-7-5-4-6-8-16)17-9-10-18(20)15(14-17)11-12-19/h4-10,14H,2-3,11,13,20H2,1H3. The van der Waals surface area contributed by atoms with Gasteiger partial charge in [0.25, 0.3) is 0 Å². The summed E-state index contributed by atoms with van der Waals surface area (Å²) in [5.41, 5.74) is 9.78. The third kappa shape index (κ3) is 3.76. The van der Waals surface area contributed by atoms with Gasteiger partial charge in [0.2, 0.25) is 0 Å². The molecule has 0 aliphatic rings. The fourth-order valence-electron chi connectivity index (χ4n) is 2.33. The largest absolute Gasteiger partial charge is 0.398 e. The second kappa shape index (κ2) is 7.35. The van der Waals surface area contributed by atoms with E-state index in [1.165, 1.54) is 5.69 Å². The minimum Gasteiger partial charge on any atom is -0.398 e. The van der Waals surface area contributed by atoms with Gasteiger partial charge in [-0.15, -0.1) is 0 Å². The van der Waals surface area contributed by atoms with Gasteiger partial charge in [0, 0.05) is 23.6 Å². The second-order valence-corrected chi connectivity index (χ2v) is 5.06. The van der Waals surface area contributed by atoms with Crippen molar-refractivity contribution in [1.82, 2.24) is 0 Å². The number of benzene rings is 2. The first kappa shape index (κ1) is 14.9. The summed E-state index contributed by atoms with van der Waals surface area (Å²) in [7, 11) is 0. The number of nitrogen functional groups attached to an aromatic ring is 1. The maximum absolute atomic E-state index is 8.91. The molecule has 2 N–H and O–H groups in total. The van der Waals surface area contributed by atoms with Gasteiger partial charge in [-0.05, 0) is 42.3 Å². The Labute approximate surface area is 126 Å². The first-order valence-corrected chi connectivity index (χ1v) is 7.34. The van der Waals surface area contributed by atoms with Crippen LogP contribution in [0.4, 0.5) is 17.1 Å². The van der Waals surface area contributed by atoms with Crippen LogP contribution in [0.15, 0.2) is 48.5 Å². The first-order valence-electron chi connectivity index (χ1n) is 7.34. The lowest BCUT2D eigenvalue weighted by Crippen LogP contribution is -2.18. The summed E-state index contributed by atoms with van der Waals surface area (Å²) >= 11 is 0. The number of rotatable bonds is 6. The number of hydrogen-bond acceptors (Lipinski definition) is 3. The molecule has 0 spiro atoms. The summed E-state index contributed by atoms with van der Waals surface area (Å²) in [6.45, 7) is 3.14. The highest BCUT2D eigenvalue weighted by Crippen LogP contribution is 2.28. The van der Waals surface area contributed by atoms with Crippen molar-refractivity contribution in [2.45, 2.75) is 26.2 Å². The predicted octanol–water partition coefficient (Wildman–Crippen LogP) is 4.27. The molecule has 0 bridgehead atoms. The van der Waals surface area contributed by atoms with Crippen molar-refractivity contribution in [1.29, 1.82) is 5.26 Å². The van der Waals surface area contributed by atoms with E-state index in [1.54, 1.807) is 0 Å². The van der Waals surface area contributed by atoms with Crippen LogP contribution in [-0.4, -0.2) is 6.54 Å². The molecule has 2 aromatic rings. The van der Waals surface area contributed by atoms with E-state index >= 15 is 0 Å². The van der Waals surface area contributed by atoms with Gasteiger partial charge in [-0.1, -0.05) is 31.5 Å². The third-order valence-electron chi connectivity index (χ3n) is 3.51. The molecule has 0 fully saturated rings. The molecule has 0 saturated carbocycles. The Morgan fingerprint density at radius 3 is 2.52 bits per heavy atom. The molecule has 0 heterocycles. The number of nitrogens with zero attached hydrogens (tertiary/aromatic N) is 2. The Hall–Kier alpha value is -2.47. The third-order valence-corrected chi connectivity index (χ3v) is 3.51. The molecule has 3 nitrogen and oxygen atoms in total. The molecule has 2 aromatic carbocycles. The SMILES string of the molecule is CCCCN(c1ccccc1)c1ccc(N)c(CC#N)c1. The van der Waals surface area contributed by atoms with E-state index < -0.39 is 0 Å². The number of unbranched alkanes of at least 4 members (excludes halogenated alkanes) is 1. The Morgan fingerprint density at radius 1 is 1.10 bits per heavy atom.